The van der Waals surface area contributed by atoms with E-state index in [2.05, 4.69) is 24.1 Å². The Labute approximate surface area is 123 Å². The molecule has 3 rings (SSSR count). The van der Waals surface area contributed by atoms with Gasteiger partial charge in [0.1, 0.15) is 0 Å². The fraction of sp³-hybridized carbons (Fsp3) is 0.941. The van der Waals surface area contributed by atoms with Crippen LogP contribution in [-0.2, 0) is 4.79 Å². The van der Waals surface area contributed by atoms with Crippen molar-refractivity contribution in [3.63, 3.8) is 0 Å². The first-order chi connectivity index (χ1) is 9.58. The van der Waals surface area contributed by atoms with Crippen LogP contribution in [0.4, 0.5) is 0 Å². The fourth-order valence-corrected chi connectivity index (χ4v) is 4.71. The SMILES string of the molecule is CC1(C)CNCCN1C(=O)C1CCC2CCCCC2C1. The van der Waals surface area contributed by atoms with Crippen LogP contribution in [0.2, 0.25) is 0 Å². The second-order valence-corrected chi connectivity index (χ2v) is 7.79. The molecule has 1 aliphatic heterocycles. The van der Waals surface area contributed by atoms with Crippen molar-refractivity contribution in [1.29, 1.82) is 0 Å². The summed E-state index contributed by atoms with van der Waals surface area (Å²) in [6.45, 7) is 7.16. The lowest BCUT2D eigenvalue weighted by molar-refractivity contribution is -0.144. The molecule has 3 aliphatic rings. The quantitative estimate of drug-likeness (QED) is 0.800. The van der Waals surface area contributed by atoms with E-state index in [1.54, 1.807) is 0 Å². The number of nitrogens with zero attached hydrogens (tertiary/aromatic N) is 1. The van der Waals surface area contributed by atoms with E-state index in [4.69, 9.17) is 0 Å². The Bertz CT molecular complexity index is 366. The summed E-state index contributed by atoms with van der Waals surface area (Å²) in [6, 6.07) is 0. The van der Waals surface area contributed by atoms with E-state index in [1.165, 1.54) is 38.5 Å². The Hall–Kier alpha value is -0.570. The van der Waals surface area contributed by atoms with Gasteiger partial charge >= 0.3 is 0 Å². The monoisotopic (exact) mass is 278 g/mol. The van der Waals surface area contributed by atoms with Gasteiger partial charge in [0.15, 0.2) is 0 Å². The first-order valence-electron chi connectivity index (χ1n) is 8.60. The summed E-state index contributed by atoms with van der Waals surface area (Å²) < 4.78 is 0. The molecule has 0 radical (unpaired) electrons. The molecule has 3 nitrogen and oxygen atoms in total. The van der Waals surface area contributed by atoms with Crippen molar-refractivity contribution in [2.45, 2.75) is 64.3 Å². The van der Waals surface area contributed by atoms with Crippen LogP contribution in [0.15, 0.2) is 0 Å². The molecule has 1 saturated heterocycles. The average molecular weight is 278 g/mol. The number of hydrogen-bond acceptors (Lipinski definition) is 2. The third-order valence-electron chi connectivity index (χ3n) is 5.96. The van der Waals surface area contributed by atoms with Gasteiger partial charge in [-0.05, 0) is 44.9 Å². The Balaban J connectivity index is 1.65. The van der Waals surface area contributed by atoms with Crippen molar-refractivity contribution in [3.8, 4) is 0 Å². The van der Waals surface area contributed by atoms with Crippen molar-refractivity contribution in [2.24, 2.45) is 17.8 Å². The zero-order valence-corrected chi connectivity index (χ0v) is 13.2. The lowest BCUT2D eigenvalue weighted by atomic mass is 9.67. The normalized spacial score (nSPS) is 37.3. The largest absolute Gasteiger partial charge is 0.335 e. The highest BCUT2D eigenvalue weighted by atomic mass is 16.2. The van der Waals surface area contributed by atoms with E-state index in [0.29, 0.717) is 11.8 Å². The van der Waals surface area contributed by atoms with Crippen LogP contribution in [0.3, 0.4) is 0 Å². The van der Waals surface area contributed by atoms with Crippen LogP contribution in [0.1, 0.15) is 58.8 Å². The lowest BCUT2D eigenvalue weighted by Crippen LogP contribution is -2.61. The van der Waals surface area contributed by atoms with E-state index < -0.39 is 0 Å². The molecular formula is C17H30N2O. The molecule has 0 aromatic rings. The molecule has 3 fully saturated rings. The second kappa shape index (κ2) is 5.67. The van der Waals surface area contributed by atoms with E-state index in [-0.39, 0.29) is 5.54 Å². The van der Waals surface area contributed by atoms with Gasteiger partial charge in [0, 0.05) is 31.1 Å². The number of piperazine rings is 1. The number of hydrogen-bond donors (Lipinski definition) is 1. The maximum absolute atomic E-state index is 12.9. The number of rotatable bonds is 1. The number of carbonyl (C=O) groups is 1. The molecule has 3 atom stereocenters. The third-order valence-corrected chi connectivity index (χ3v) is 5.96. The molecule has 3 unspecified atom stereocenters. The standard InChI is InChI=1S/C17H30N2O/c1-17(2)12-18-9-10-19(17)16(20)15-8-7-13-5-3-4-6-14(13)11-15/h13-15,18H,3-12H2,1-2H3. The Kier molecular flexibility index (Phi) is 4.07. The van der Waals surface area contributed by atoms with E-state index in [9.17, 15) is 4.79 Å². The van der Waals surface area contributed by atoms with Crippen molar-refractivity contribution >= 4 is 5.91 Å². The van der Waals surface area contributed by atoms with Crippen LogP contribution >= 0.6 is 0 Å². The Morgan fingerprint density at radius 1 is 1.10 bits per heavy atom. The summed E-state index contributed by atoms with van der Waals surface area (Å²) in [5.41, 5.74) is -0.0151. The highest BCUT2D eigenvalue weighted by Gasteiger charge is 2.40. The molecule has 20 heavy (non-hydrogen) atoms. The number of carbonyl (C=O) groups excluding carboxylic acids is 1. The molecular weight excluding hydrogens is 248 g/mol. The fourth-order valence-electron chi connectivity index (χ4n) is 4.71. The molecule has 3 heteroatoms. The zero-order chi connectivity index (χ0) is 14.2. The molecule has 2 aliphatic carbocycles. The summed E-state index contributed by atoms with van der Waals surface area (Å²) in [5.74, 6) is 2.54. The molecule has 1 amide bonds. The van der Waals surface area contributed by atoms with Gasteiger partial charge in [0.2, 0.25) is 5.91 Å². The van der Waals surface area contributed by atoms with E-state index in [1.807, 2.05) is 0 Å². The van der Waals surface area contributed by atoms with Crippen molar-refractivity contribution in [2.75, 3.05) is 19.6 Å². The summed E-state index contributed by atoms with van der Waals surface area (Å²) >= 11 is 0. The molecule has 1 N–H and O–H groups in total. The lowest BCUT2D eigenvalue weighted by Gasteiger charge is -2.46. The topological polar surface area (TPSA) is 32.3 Å². The van der Waals surface area contributed by atoms with Gasteiger partial charge in [0.25, 0.3) is 0 Å². The summed E-state index contributed by atoms with van der Waals surface area (Å²) in [6.07, 6.45) is 9.22. The van der Waals surface area contributed by atoms with Crippen molar-refractivity contribution < 1.29 is 4.79 Å². The molecule has 0 aromatic carbocycles. The predicted molar refractivity (Wildman–Crippen MR) is 81.5 cm³/mol. The minimum atomic E-state index is -0.0151. The molecule has 0 spiro atoms. The molecule has 114 valence electrons. The number of fused-ring (bicyclic) bond motifs is 1. The smallest absolute Gasteiger partial charge is 0.226 e. The minimum Gasteiger partial charge on any atom is -0.335 e. The average Bonchev–Trinajstić information content (AvgIpc) is 2.45. The van der Waals surface area contributed by atoms with Crippen LogP contribution in [0.25, 0.3) is 0 Å². The van der Waals surface area contributed by atoms with Crippen LogP contribution < -0.4 is 5.32 Å². The van der Waals surface area contributed by atoms with Crippen LogP contribution in [0, 0.1) is 17.8 Å². The molecule has 2 saturated carbocycles. The maximum Gasteiger partial charge on any atom is 0.226 e. The molecule has 1 heterocycles. The first kappa shape index (κ1) is 14.4. The van der Waals surface area contributed by atoms with Gasteiger partial charge < -0.3 is 10.2 Å². The summed E-state index contributed by atoms with van der Waals surface area (Å²) in [5, 5.41) is 3.41. The van der Waals surface area contributed by atoms with Crippen molar-refractivity contribution in [1.82, 2.24) is 10.2 Å². The van der Waals surface area contributed by atoms with E-state index in [0.717, 1.165) is 37.9 Å². The molecule has 0 aromatic heterocycles. The van der Waals surface area contributed by atoms with Gasteiger partial charge in [-0.15, -0.1) is 0 Å². The Morgan fingerprint density at radius 3 is 2.60 bits per heavy atom. The number of amides is 1. The van der Waals surface area contributed by atoms with Crippen LogP contribution in [-0.4, -0.2) is 36.0 Å². The summed E-state index contributed by atoms with van der Waals surface area (Å²) in [7, 11) is 0. The van der Waals surface area contributed by atoms with Gasteiger partial charge in [-0.2, -0.15) is 0 Å². The third kappa shape index (κ3) is 2.74. The number of nitrogens with one attached hydrogen (secondary N) is 1. The van der Waals surface area contributed by atoms with Gasteiger partial charge in [-0.3, -0.25) is 4.79 Å². The van der Waals surface area contributed by atoms with Crippen molar-refractivity contribution in [3.05, 3.63) is 0 Å². The van der Waals surface area contributed by atoms with Gasteiger partial charge in [-0.25, -0.2) is 0 Å². The predicted octanol–water partition coefficient (Wildman–Crippen LogP) is 2.80. The first-order valence-corrected chi connectivity index (χ1v) is 8.60. The van der Waals surface area contributed by atoms with Crippen LogP contribution in [0.5, 0.6) is 0 Å². The highest BCUT2D eigenvalue weighted by molar-refractivity contribution is 5.80. The maximum atomic E-state index is 12.9. The van der Waals surface area contributed by atoms with E-state index >= 15 is 0 Å². The second-order valence-electron chi connectivity index (χ2n) is 7.79. The van der Waals surface area contributed by atoms with Gasteiger partial charge in [-0.1, -0.05) is 25.7 Å². The Morgan fingerprint density at radius 2 is 1.85 bits per heavy atom. The zero-order valence-electron chi connectivity index (χ0n) is 13.2. The minimum absolute atomic E-state index is 0.0151. The highest BCUT2D eigenvalue weighted by Crippen LogP contribution is 2.43. The van der Waals surface area contributed by atoms with Gasteiger partial charge in [0.05, 0.1) is 0 Å². The molecule has 0 bridgehead atoms. The summed E-state index contributed by atoms with van der Waals surface area (Å²) in [4.78, 5) is 15.1.